The normalized spacial score (nSPS) is 10.1. The summed E-state index contributed by atoms with van der Waals surface area (Å²) in [6.07, 6.45) is 1.88. The number of aromatic carboxylic acids is 1. The first-order valence-electron chi connectivity index (χ1n) is 5.98. The minimum absolute atomic E-state index is 0.0172. The van der Waals surface area contributed by atoms with E-state index in [9.17, 15) is 9.59 Å². The molecule has 1 aromatic carbocycles. The number of carboxylic acid groups (broad SMARTS) is 1. The molecule has 0 atom stereocenters. The van der Waals surface area contributed by atoms with Crippen molar-refractivity contribution in [2.24, 2.45) is 0 Å². The fourth-order valence-electron chi connectivity index (χ4n) is 1.62. The third-order valence-corrected chi connectivity index (χ3v) is 3.07. The van der Waals surface area contributed by atoms with Gasteiger partial charge in [-0.2, -0.15) is 5.10 Å². The Morgan fingerprint density at radius 3 is 2.86 bits per heavy atom. The Morgan fingerprint density at radius 2 is 2.19 bits per heavy atom. The van der Waals surface area contributed by atoms with Crippen LogP contribution in [0.5, 0.6) is 0 Å². The van der Waals surface area contributed by atoms with Gasteiger partial charge < -0.3 is 15.7 Å². The van der Waals surface area contributed by atoms with Crippen molar-refractivity contribution in [2.75, 3.05) is 11.9 Å². The summed E-state index contributed by atoms with van der Waals surface area (Å²) in [6.45, 7) is 0.345. The number of urea groups is 1. The van der Waals surface area contributed by atoms with Crippen LogP contribution in [0.3, 0.4) is 0 Å². The Morgan fingerprint density at radius 1 is 1.38 bits per heavy atom. The molecule has 0 spiro atoms. The number of nitrogens with zero attached hydrogens (tertiary/aromatic N) is 2. The first-order valence-corrected chi connectivity index (χ1v) is 6.77. The number of nitrogens with one attached hydrogen (secondary N) is 3. The summed E-state index contributed by atoms with van der Waals surface area (Å²) >= 11 is 3.23. The average Bonchev–Trinajstić information content (AvgIpc) is 2.91. The molecule has 0 unspecified atom stereocenters. The van der Waals surface area contributed by atoms with Gasteiger partial charge in [0.15, 0.2) is 0 Å². The zero-order chi connectivity index (χ0) is 15.2. The third-order valence-electron chi connectivity index (χ3n) is 2.57. The lowest BCUT2D eigenvalue weighted by atomic mass is 10.2. The number of carboxylic acids is 1. The number of hydrogen-bond acceptors (Lipinski definition) is 4. The van der Waals surface area contributed by atoms with E-state index in [0.717, 1.165) is 0 Å². The quantitative estimate of drug-likeness (QED) is 0.651. The minimum atomic E-state index is -1.11. The number of aromatic amines is 1. The Labute approximate surface area is 128 Å². The highest BCUT2D eigenvalue weighted by molar-refractivity contribution is 9.10. The van der Waals surface area contributed by atoms with E-state index in [1.54, 1.807) is 6.07 Å². The topological polar surface area (TPSA) is 120 Å². The molecule has 110 valence electrons. The fraction of sp³-hybridized carbons (Fsp3) is 0.167. The molecule has 1 aromatic heterocycles. The number of H-pyrrole nitrogens is 1. The SMILES string of the molecule is O=C(NCCc1ncn[nH]1)Nc1cc(Br)ccc1C(=O)O. The first-order chi connectivity index (χ1) is 10.1. The second-order valence-electron chi connectivity index (χ2n) is 4.06. The van der Waals surface area contributed by atoms with Crippen LogP contribution < -0.4 is 10.6 Å². The summed E-state index contributed by atoms with van der Waals surface area (Å²) in [5.41, 5.74) is 0.234. The Balaban J connectivity index is 1.93. The van der Waals surface area contributed by atoms with Crippen molar-refractivity contribution in [3.63, 3.8) is 0 Å². The number of hydrogen-bond donors (Lipinski definition) is 4. The first kappa shape index (κ1) is 15.0. The van der Waals surface area contributed by atoms with Crippen molar-refractivity contribution in [1.82, 2.24) is 20.5 Å². The molecule has 21 heavy (non-hydrogen) atoms. The smallest absolute Gasteiger partial charge is 0.337 e. The Kier molecular flexibility index (Phi) is 4.88. The Hall–Kier alpha value is -2.42. The van der Waals surface area contributed by atoms with Gasteiger partial charge in [0.25, 0.3) is 0 Å². The second kappa shape index (κ2) is 6.84. The zero-order valence-electron chi connectivity index (χ0n) is 10.8. The van der Waals surface area contributed by atoms with Crippen LogP contribution in [0.4, 0.5) is 10.5 Å². The van der Waals surface area contributed by atoms with Crippen molar-refractivity contribution >= 4 is 33.6 Å². The van der Waals surface area contributed by atoms with E-state index in [2.05, 4.69) is 41.7 Å². The molecule has 4 N–H and O–H groups in total. The average molecular weight is 354 g/mol. The highest BCUT2D eigenvalue weighted by Gasteiger charge is 2.12. The van der Waals surface area contributed by atoms with Gasteiger partial charge in [-0.25, -0.2) is 14.6 Å². The summed E-state index contributed by atoms with van der Waals surface area (Å²) in [5.74, 6) is -0.455. The van der Waals surface area contributed by atoms with E-state index >= 15 is 0 Å². The van der Waals surface area contributed by atoms with Crippen molar-refractivity contribution in [3.8, 4) is 0 Å². The largest absolute Gasteiger partial charge is 0.478 e. The van der Waals surface area contributed by atoms with E-state index in [4.69, 9.17) is 5.11 Å². The molecule has 0 radical (unpaired) electrons. The van der Waals surface area contributed by atoms with Crippen molar-refractivity contribution in [2.45, 2.75) is 6.42 Å². The Bertz CT molecular complexity index is 644. The predicted molar refractivity (Wildman–Crippen MR) is 78.2 cm³/mol. The summed E-state index contributed by atoms with van der Waals surface area (Å²) < 4.78 is 0.671. The molecular weight excluding hydrogens is 342 g/mol. The summed E-state index contributed by atoms with van der Waals surface area (Å²) in [7, 11) is 0. The predicted octanol–water partition coefficient (Wildman–Crippen LogP) is 1.63. The van der Waals surface area contributed by atoms with E-state index in [1.165, 1.54) is 18.5 Å². The van der Waals surface area contributed by atoms with Crippen LogP contribution in [-0.4, -0.2) is 38.8 Å². The van der Waals surface area contributed by atoms with Crippen LogP contribution in [-0.2, 0) is 6.42 Å². The van der Waals surface area contributed by atoms with Gasteiger partial charge in [-0.1, -0.05) is 15.9 Å². The second-order valence-corrected chi connectivity index (χ2v) is 4.97. The van der Waals surface area contributed by atoms with E-state index in [0.29, 0.717) is 23.3 Å². The number of rotatable bonds is 5. The lowest BCUT2D eigenvalue weighted by Crippen LogP contribution is -2.31. The van der Waals surface area contributed by atoms with Gasteiger partial charge in [-0.3, -0.25) is 5.10 Å². The molecule has 0 fully saturated rings. The number of benzene rings is 1. The molecule has 2 amide bonds. The van der Waals surface area contributed by atoms with Gasteiger partial charge in [0.2, 0.25) is 0 Å². The maximum atomic E-state index is 11.8. The van der Waals surface area contributed by atoms with Gasteiger partial charge in [0, 0.05) is 17.4 Å². The highest BCUT2D eigenvalue weighted by atomic mass is 79.9. The molecule has 0 bridgehead atoms. The van der Waals surface area contributed by atoms with E-state index < -0.39 is 12.0 Å². The van der Waals surface area contributed by atoms with Crippen molar-refractivity contribution in [3.05, 3.63) is 40.4 Å². The fourth-order valence-corrected chi connectivity index (χ4v) is 1.98. The number of anilines is 1. The zero-order valence-corrected chi connectivity index (χ0v) is 12.3. The summed E-state index contributed by atoms with van der Waals surface area (Å²) in [5, 5.41) is 20.5. The molecule has 0 saturated heterocycles. The summed E-state index contributed by atoms with van der Waals surface area (Å²) in [6, 6.07) is 4.04. The van der Waals surface area contributed by atoms with Gasteiger partial charge >= 0.3 is 12.0 Å². The third kappa shape index (κ3) is 4.28. The molecule has 0 aliphatic carbocycles. The lowest BCUT2D eigenvalue weighted by molar-refractivity contribution is 0.0698. The monoisotopic (exact) mass is 353 g/mol. The number of amides is 2. The lowest BCUT2D eigenvalue weighted by Gasteiger charge is -2.10. The van der Waals surface area contributed by atoms with Gasteiger partial charge in [-0.15, -0.1) is 0 Å². The molecule has 2 aromatic rings. The van der Waals surface area contributed by atoms with Crippen LogP contribution >= 0.6 is 15.9 Å². The molecule has 0 aliphatic rings. The van der Waals surface area contributed by atoms with Crippen LogP contribution in [0.25, 0.3) is 0 Å². The van der Waals surface area contributed by atoms with Gasteiger partial charge in [-0.05, 0) is 18.2 Å². The van der Waals surface area contributed by atoms with Crippen molar-refractivity contribution < 1.29 is 14.7 Å². The van der Waals surface area contributed by atoms with Crippen LogP contribution in [0, 0.1) is 0 Å². The molecule has 0 saturated carbocycles. The summed E-state index contributed by atoms with van der Waals surface area (Å²) in [4.78, 5) is 26.8. The van der Waals surface area contributed by atoms with Crippen LogP contribution in [0.15, 0.2) is 29.0 Å². The standard InChI is InChI=1S/C12H12BrN5O3/c13-7-1-2-8(11(19)20)9(5-7)17-12(21)14-4-3-10-15-6-16-18-10/h1-2,5-6H,3-4H2,(H,19,20)(H2,14,17,21)(H,15,16,18). The number of aromatic nitrogens is 3. The maximum absolute atomic E-state index is 11.8. The molecule has 1 heterocycles. The van der Waals surface area contributed by atoms with Crippen molar-refractivity contribution in [1.29, 1.82) is 0 Å². The molecule has 2 rings (SSSR count). The molecule has 8 nitrogen and oxygen atoms in total. The molecule has 9 heteroatoms. The van der Waals surface area contributed by atoms with E-state index in [1.807, 2.05) is 0 Å². The van der Waals surface area contributed by atoms with Gasteiger partial charge in [0.05, 0.1) is 11.3 Å². The van der Waals surface area contributed by atoms with Crippen LogP contribution in [0.2, 0.25) is 0 Å². The highest BCUT2D eigenvalue weighted by Crippen LogP contribution is 2.21. The maximum Gasteiger partial charge on any atom is 0.337 e. The number of carbonyl (C=O) groups excluding carboxylic acids is 1. The number of carbonyl (C=O) groups is 2. The molecule has 0 aliphatic heterocycles. The van der Waals surface area contributed by atoms with Gasteiger partial charge in [0.1, 0.15) is 12.2 Å². The minimum Gasteiger partial charge on any atom is -0.478 e. The molecular formula is C12H12BrN5O3. The van der Waals surface area contributed by atoms with E-state index in [-0.39, 0.29) is 11.3 Å². The van der Waals surface area contributed by atoms with Crippen LogP contribution in [0.1, 0.15) is 16.2 Å². The number of halogens is 1.